The Morgan fingerprint density at radius 2 is 1.62 bits per heavy atom. The van der Waals surface area contributed by atoms with Crippen molar-refractivity contribution >= 4 is 6.16 Å². The van der Waals surface area contributed by atoms with Gasteiger partial charge in [0.15, 0.2) is 0 Å². The fourth-order valence-electron chi connectivity index (χ4n) is 0. The molecule has 0 bridgehead atoms. The van der Waals surface area contributed by atoms with Crippen LogP contribution in [0.4, 0.5) is 4.79 Å². The summed E-state index contributed by atoms with van der Waals surface area (Å²) in [6.45, 7) is 1.50. The summed E-state index contributed by atoms with van der Waals surface area (Å²) in [5.74, 6) is 0. The summed E-state index contributed by atoms with van der Waals surface area (Å²) in [4.78, 5) is 8.56. The van der Waals surface area contributed by atoms with Gasteiger partial charge in [0.1, 0.15) is 0 Å². The summed E-state index contributed by atoms with van der Waals surface area (Å²) in [5, 5.41) is 21.8. The van der Waals surface area contributed by atoms with Crippen molar-refractivity contribution in [1.82, 2.24) is 0 Å². The molecule has 0 aliphatic carbocycles. The summed E-state index contributed by atoms with van der Waals surface area (Å²) in [6.07, 6.45) is -2.50. The molecule has 0 aromatic rings. The summed E-state index contributed by atoms with van der Waals surface area (Å²) in [7, 11) is 0. The van der Waals surface area contributed by atoms with Crippen LogP contribution in [0, 0.1) is 0 Å². The third-order valence-electron chi connectivity index (χ3n) is 0. The smallest absolute Gasteiger partial charge is 0.450 e. The van der Waals surface area contributed by atoms with Gasteiger partial charge in [0.25, 0.3) is 0 Å². The Labute approximate surface area is 46.4 Å². The molecule has 0 rings (SSSR count). The van der Waals surface area contributed by atoms with Gasteiger partial charge in [-0.1, -0.05) is 0 Å². The highest BCUT2D eigenvalue weighted by Gasteiger charge is 1.70. The molecule has 0 saturated heterocycles. The summed E-state index contributed by atoms with van der Waals surface area (Å²) >= 11 is 0. The van der Waals surface area contributed by atoms with Gasteiger partial charge in [-0.05, 0) is 6.92 Å². The third kappa shape index (κ3) is 139. The normalized spacial score (nSPS) is 10.9. The van der Waals surface area contributed by atoms with E-state index in [9.17, 15) is 0 Å². The number of hydrogen-bond donors (Lipinski definition) is 4. The third-order valence-corrected chi connectivity index (χ3v) is 0. The first-order chi connectivity index (χ1) is 3.46. The second-order valence-corrected chi connectivity index (χ2v) is 1.02. The van der Waals surface area contributed by atoms with Crippen molar-refractivity contribution in [3.63, 3.8) is 0 Å². The number of carboxylic acid groups (broad SMARTS) is 2. The Morgan fingerprint density at radius 3 is 1.62 bits per heavy atom. The molecule has 5 N–H and O–H groups in total. The topological polar surface area (TPSA) is 104 Å². The fraction of sp³-hybridized carbons (Fsp3) is 0.667. The Balaban J connectivity index is 0. The summed E-state index contributed by atoms with van der Waals surface area (Å²) < 4.78 is 0. The molecule has 50 valence electrons. The van der Waals surface area contributed by atoms with Crippen molar-refractivity contribution in [1.29, 1.82) is 0 Å². The molecule has 0 amide bonds. The average Bonchev–Trinajstić information content (AvgIpc) is 1.25. The summed E-state index contributed by atoms with van der Waals surface area (Å²) in [5.41, 5.74) is 4.67. The van der Waals surface area contributed by atoms with Gasteiger partial charge in [0.2, 0.25) is 0 Å². The van der Waals surface area contributed by atoms with Gasteiger partial charge in [-0.25, -0.2) is 4.79 Å². The Hall–Kier alpha value is -0.810. The fourth-order valence-corrected chi connectivity index (χ4v) is 0. The van der Waals surface area contributed by atoms with Crippen molar-refractivity contribution < 1.29 is 20.1 Å². The molecule has 0 aliphatic rings. The average molecular weight is 123 g/mol. The van der Waals surface area contributed by atoms with E-state index >= 15 is 0 Å². The lowest BCUT2D eigenvalue weighted by atomic mass is 10.7. The molecular weight excluding hydrogens is 114 g/mol. The zero-order valence-corrected chi connectivity index (χ0v) is 4.40. The molecule has 0 aliphatic heterocycles. The molecule has 1 unspecified atom stereocenters. The van der Waals surface area contributed by atoms with E-state index < -0.39 is 12.4 Å². The van der Waals surface area contributed by atoms with Crippen LogP contribution in [0.1, 0.15) is 6.92 Å². The van der Waals surface area contributed by atoms with Gasteiger partial charge < -0.3 is 21.1 Å². The van der Waals surface area contributed by atoms with Crippen LogP contribution in [0.5, 0.6) is 0 Å². The molecule has 0 spiro atoms. The van der Waals surface area contributed by atoms with Crippen molar-refractivity contribution in [2.24, 2.45) is 5.73 Å². The van der Waals surface area contributed by atoms with Crippen LogP contribution < -0.4 is 5.73 Å². The minimum atomic E-state index is -1.83. The highest BCUT2D eigenvalue weighted by molar-refractivity contribution is 5.53. The van der Waals surface area contributed by atoms with E-state index in [1.807, 2.05) is 0 Å². The van der Waals surface area contributed by atoms with Crippen LogP contribution >= 0.6 is 0 Å². The van der Waals surface area contributed by atoms with E-state index in [4.69, 9.17) is 20.1 Å². The van der Waals surface area contributed by atoms with Gasteiger partial charge in [-0.2, -0.15) is 0 Å². The molecule has 8 heavy (non-hydrogen) atoms. The second kappa shape index (κ2) is 6.19. The highest BCUT2D eigenvalue weighted by Crippen LogP contribution is 1.50. The van der Waals surface area contributed by atoms with E-state index in [2.05, 4.69) is 5.73 Å². The SMILES string of the molecule is CC(N)O.O=C(O)O. The van der Waals surface area contributed by atoms with Crippen LogP contribution in [0.3, 0.4) is 0 Å². The molecule has 0 fully saturated rings. The lowest BCUT2D eigenvalue weighted by molar-refractivity contribution is 0.137. The highest BCUT2D eigenvalue weighted by atomic mass is 16.6. The predicted molar refractivity (Wildman–Crippen MR) is 26.5 cm³/mol. The maximum absolute atomic E-state index is 8.56. The lowest BCUT2D eigenvalue weighted by Gasteiger charge is -1.82. The first-order valence-corrected chi connectivity index (χ1v) is 1.82. The van der Waals surface area contributed by atoms with Crippen molar-refractivity contribution in [2.45, 2.75) is 13.2 Å². The second-order valence-electron chi connectivity index (χ2n) is 1.02. The van der Waals surface area contributed by atoms with E-state index in [1.54, 1.807) is 0 Å². The molecule has 0 aromatic heterocycles. The Morgan fingerprint density at radius 1 is 1.62 bits per heavy atom. The molecule has 1 atom stereocenters. The van der Waals surface area contributed by atoms with Gasteiger partial charge in [0, 0.05) is 0 Å². The molecule has 0 heterocycles. The molecule has 5 heteroatoms. The van der Waals surface area contributed by atoms with E-state index in [0.717, 1.165) is 0 Å². The first kappa shape index (κ1) is 10.2. The maximum Gasteiger partial charge on any atom is 0.503 e. The molecule has 5 nitrogen and oxygen atoms in total. The lowest BCUT2D eigenvalue weighted by Crippen LogP contribution is -2.11. The standard InChI is InChI=1S/C2H7NO.CH2O3/c1-2(3)4;2-1(3)4/h2,4H,3H2,1H3;(H2,2,3,4). The number of aliphatic hydroxyl groups is 1. The summed E-state index contributed by atoms with van der Waals surface area (Å²) in [6, 6.07) is 0. The predicted octanol–water partition coefficient (Wildman–Crippen LogP) is -0.494. The maximum atomic E-state index is 8.56. The van der Waals surface area contributed by atoms with Gasteiger partial charge in [0.05, 0.1) is 6.23 Å². The first-order valence-electron chi connectivity index (χ1n) is 1.82. The number of nitrogens with two attached hydrogens (primary N) is 1. The monoisotopic (exact) mass is 123 g/mol. The quantitative estimate of drug-likeness (QED) is 0.325. The number of hydrogen-bond acceptors (Lipinski definition) is 3. The molecule has 0 aromatic carbocycles. The van der Waals surface area contributed by atoms with E-state index in [-0.39, 0.29) is 0 Å². The molecule has 0 radical (unpaired) electrons. The van der Waals surface area contributed by atoms with Gasteiger partial charge in [-0.3, -0.25) is 0 Å². The van der Waals surface area contributed by atoms with Crippen molar-refractivity contribution in [2.75, 3.05) is 0 Å². The molecular formula is C3H9NO4. The number of rotatable bonds is 0. The van der Waals surface area contributed by atoms with Crippen LogP contribution in [-0.2, 0) is 0 Å². The minimum absolute atomic E-state index is 0.667. The molecule has 0 saturated carbocycles. The van der Waals surface area contributed by atoms with E-state index in [0.29, 0.717) is 0 Å². The zero-order valence-electron chi connectivity index (χ0n) is 4.40. The largest absolute Gasteiger partial charge is 0.503 e. The van der Waals surface area contributed by atoms with Gasteiger partial charge in [-0.15, -0.1) is 0 Å². The van der Waals surface area contributed by atoms with Crippen molar-refractivity contribution in [3.05, 3.63) is 0 Å². The number of carbonyl (C=O) groups is 1. The van der Waals surface area contributed by atoms with Crippen LogP contribution in [0.25, 0.3) is 0 Å². The Bertz CT molecular complexity index is 55.5. The van der Waals surface area contributed by atoms with Gasteiger partial charge >= 0.3 is 6.16 Å². The van der Waals surface area contributed by atoms with Crippen LogP contribution in [0.2, 0.25) is 0 Å². The zero-order chi connectivity index (χ0) is 7.15. The minimum Gasteiger partial charge on any atom is -0.450 e. The van der Waals surface area contributed by atoms with Crippen LogP contribution in [0.15, 0.2) is 0 Å². The Kier molecular flexibility index (Phi) is 7.91. The van der Waals surface area contributed by atoms with Crippen molar-refractivity contribution in [3.8, 4) is 0 Å². The van der Waals surface area contributed by atoms with E-state index in [1.165, 1.54) is 6.92 Å². The number of aliphatic hydroxyl groups excluding tert-OH is 1. The van der Waals surface area contributed by atoms with Crippen LogP contribution in [-0.4, -0.2) is 27.7 Å².